The topological polar surface area (TPSA) is 33.5 Å². The summed E-state index contributed by atoms with van der Waals surface area (Å²) in [7, 11) is 0. The minimum Gasteiger partial charge on any atom is -0.457 e. The Balaban J connectivity index is 1.21. The molecule has 0 aliphatic carbocycles. The molecular formula is C56H66N4O. The fourth-order valence-electron chi connectivity index (χ4n) is 8.44. The molecule has 0 unspecified atom stereocenters. The standard InChI is InChI=1S/C56H66N4O/c1-52(2,3)36-19-22-45-46-23-21-44(34-49(46)60(48(45)30-36)51-32-38(25-26-57-51)54(7,8)9)61-43-18-16-17-41(33-43)58-35-59(47-24-20-37(31-50(47)58)53(4,5)6)42-28-39(55(10,11)12)27-40(29-42)56(13,14)15/h16-34H,35H2,1-15H3. The molecule has 2 aromatic heterocycles. The van der Waals surface area contributed by atoms with Crippen molar-refractivity contribution in [2.45, 2.75) is 131 Å². The van der Waals surface area contributed by atoms with Crippen LogP contribution in [0.5, 0.6) is 11.5 Å². The molecule has 0 fully saturated rings. The molecule has 0 spiro atoms. The largest absolute Gasteiger partial charge is 0.457 e. The minimum atomic E-state index is -0.0145. The summed E-state index contributed by atoms with van der Waals surface area (Å²) in [4.78, 5) is 9.90. The maximum atomic E-state index is 6.84. The van der Waals surface area contributed by atoms with E-state index in [0.717, 1.165) is 34.0 Å². The maximum Gasteiger partial charge on any atom is 0.137 e. The van der Waals surface area contributed by atoms with E-state index in [2.05, 4.69) is 227 Å². The van der Waals surface area contributed by atoms with E-state index < -0.39 is 0 Å². The molecule has 0 saturated carbocycles. The third-order valence-electron chi connectivity index (χ3n) is 12.5. The molecule has 0 N–H and O–H groups in total. The summed E-state index contributed by atoms with van der Waals surface area (Å²) in [6.07, 6.45) is 1.94. The summed E-state index contributed by atoms with van der Waals surface area (Å²) in [6, 6.07) is 40.5. The Bertz CT molecular complexity index is 2760. The predicted molar refractivity (Wildman–Crippen MR) is 261 cm³/mol. The van der Waals surface area contributed by atoms with Gasteiger partial charge in [-0.1, -0.05) is 134 Å². The number of ether oxygens (including phenoxy) is 1. The summed E-state index contributed by atoms with van der Waals surface area (Å²) in [5.41, 5.74) is 13.5. The Morgan fingerprint density at radius 3 is 1.57 bits per heavy atom. The summed E-state index contributed by atoms with van der Waals surface area (Å²) in [5.74, 6) is 2.48. The summed E-state index contributed by atoms with van der Waals surface area (Å²) in [5, 5.41) is 2.38. The van der Waals surface area contributed by atoms with Gasteiger partial charge >= 0.3 is 0 Å². The Kier molecular flexibility index (Phi) is 10.0. The van der Waals surface area contributed by atoms with Crippen LogP contribution in [-0.4, -0.2) is 16.2 Å². The molecule has 3 heterocycles. The fourth-order valence-corrected chi connectivity index (χ4v) is 8.44. The number of fused-ring (bicyclic) bond motifs is 4. The van der Waals surface area contributed by atoms with E-state index in [0.29, 0.717) is 6.67 Å². The first kappa shape index (κ1) is 42.2. The van der Waals surface area contributed by atoms with Crippen molar-refractivity contribution in [3.63, 3.8) is 0 Å². The van der Waals surface area contributed by atoms with E-state index >= 15 is 0 Å². The Morgan fingerprint density at radius 2 is 0.951 bits per heavy atom. The molecule has 0 bridgehead atoms. The van der Waals surface area contributed by atoms with Crippen molar-refractivity contribution in [2.24, 2.45) is 0 Å². The first-order valence-electron chi connectivity index (χ1n) is 22.1. The zero-order valence-electron chi connectivity index (χ0n) is 39.4. The molecule has 0 amide bonds. The second-order valence-corrected chi connectivity index (χ2v) is 22.5. The molecule has 5 nitrogen and oxygen atoms in total. The van der Waals surface area contributed by atoms with Gasteiger partial charge in [0.2, 0.25) is 0 Å². The van der Waals surface area contributed by atoms with Gasteiger partial charge in [0, 0.05) is 40.5 Å². The normalized spacial score (nSPS) is 14.0. The van der Waals surface area contributed by atoms with Crippen molar-refractivity contribution < 1.29 is 4.74 Å². The third kappa shape index (κ3) is 8.16. The number of aromatic nitrogens is 2. The van der Waals surface area contributed by atoms with Gasteiger partial charge in [0.25, 0.3) is 0 Å². The molecular weight excluding hydrogens is 745 g/mol. The smallest absolute Gasteiger partial charge is 0.137 e. The summed E-state index contributed by atoms with van der Waals surface area (Å²) in [6.45, 7) is 35.0. The SMILES string of the molecule is CC(C)(C)c1cc(N2CN(c3cccc(Oc4ccc5c6ccc(C(C)(C)C)cc6n(-c6cc(C(C)(C)C)ccn6)c5c4)c3)c3cc(C(C)(C)C)ccc32)cc(C(C)(C)C)c1. The number of hydrogen-bond donors (Lipinski definition) is 0. The lowest BCUT2D eigenvalue weighted by Gasteiger charge is -2.29. The van der Waals surface area contributed by atoms with Crippen LogP contribution in [0.25, 0.3) is 27.6 Å². The molecule has 61 heavy (non-hydrogen) atoms. The quantitative estimate of drug-likeness (QED) is 0.173. The van der Waals surface area contributed by atoms with Crippen molar-refractivity contribution in [3.8, 4) is 17.3 Å². The van der Waals surface area contributed by atoms with E-state index in [4.69, 9.17) is 9.72 Å². The predicted octanol–water partition coefficient (Wildman–Crippen LogP) is 15.7. The molecule has 5 aromatic carbocycles. The van der Waals surface area contributed by atoms with Crippen LogP contribution in [0.2, 0.25) is 0 Å². The minimum absolute atomic E-state index is 0.00246. The monoisotopic (exact) mass is 811 g/mol. The number of benzene rings is 5. The average Bonchev–Trinajstić information content (AvgIpc) is 3.71. The van der Waals surface area contributed by atoms with Gasteiger partial charge in [0.15, 0.2) is 0 Å². The van der Waals surface area contributed by atoms with Gasteiger partial charge in [-0.3, -0.25) is 4.57 Å². The molecule has 5 heteroatoms. The van der Waals surface area contributed by atoms with Gasteiger partial charge in [0.1, 0.15) is 24.0 Å². The Labute approximate surface area is 365 Å². The van der Waals surface area contributed by atoms with Crippen LogP contribution < -0.4 is 14.5 Å². The van der Waals surface area contributed by atoms with Crippen molar-refractivity contribution in [1.82, 2.24) is 9.55 Å². The second-order valence-electron chi connectivity index (χ2n) is 22.5. The van der Waals surface area contributed by atoms with Crippen LogP contribution >= 0.6 is 0 Å². The zero-order valence-corrected chi connectivity index (χ0v) is 39.4. The van der Waals surface area contributed by atoms with Crippen molar-refractivity contribution in [1.29, 1.82) is 0 Å². The van der Waals surface area contributed by atoms with Crippen LogP contribution in [0.3, 0.4) is 0 Å². The highest BCUT2D eigenvalue weighted by Crippen LogP contribution is 2.48. The molecule has 8 rings (SSSR count). The van der Waals surface area contributed by atoms with E-state index in [9.17, 15) is 0 Å². The molecule has 0 atom stereocenters. The second kappa shape index (κ2) is 14.5. The van der Waals surface area contributed by atoms with Gasteiger partial charge in [-0.2, -0.15) is 0 Å². The lowest BCUT2D eigenvalue weighted by atomic mass is 9.80. The van der Waals surface area contributed by atoms with Crippen molar-refractivity contribution >= 4 is 44.6 Å². The number of hydrogen-bond acceptors (Lipinski definition) is 4. The number of rotatable bonds is 5. The van der Waals surface area contributed by atoms with Gasteiger partial charge in [-0.05, 0) is 122 Å². The van der Waals surface area contributed by atoms with Crippen LogP contribution in [0.1, 0.15) is 132 Å². The Hall–Kier alpha value is -5.55. The highest BCUT2D eigenvalue weighted by molar-refractivity contribution is 6.09. The van der Waals surface area contributed by atoms with E-state index in [1.807, 2.05) is 6.20 Å². The number of pyridine rings is 1. The van der Waals surface area contributed by atoms with Gasteiger partial charge < -0.3 is 14.5 Å². The van der Waals surface area contributed by atoms with Crippen LogP contribution in [-0.2, 0) is 27.1 Å². The molecule has 316 valence electrons. The van der Waals surface area contributed by atoms with E-state index in [-0.39, 0.29) is 27.1 Å². The van der Waals surface area contributed by atoms with E-state index in [1.54, 1.807) is 0 Å². The lowest BCUT2D eigenvalue weighted by Crippen LogP contribution is -2.25. The fraction of sp³-hybridized carbons (Fsp3) is 0.375. The van der Waals surface area contributed by atoms with Crippen molar-refractivity contribution in [2.75, 3.05) is 16.5 Å². The average molecular weight is 811 g/mol. The Morgan fingerprint density at radius 1 is 0.426 bits per heavy atom. The van der Waals surface area contributed by atoms with Gasteiger partial charge in [-0.25, -0.2) is 4.98 Å². The number of nitrogens with zero attached hydrogens (tertiary/aromatic N) is 4. The molecule has 0 radical (unpaired) electrons. The van der Waals surface area contributed by atoms with Gasteiger partial charge in [-0.15, -0.1) is 0 Å². The maximum absolute atomic E-state index is 6.84. The van der Waals surface area contributed by atoms with Gasteiger partial charge in [0.05, 0.1) is 22.4 Å². The third-order valence-corrected chi connectivity index (χ3v) is 12.5. The molecule has 0 saturated heterocycles. The number of anilines is 4. The zero-order chi connectivity index (χ0) is 44.0. The molecule has 1 aliphatic rings. The lowest BCUT2D eigenvalue weighted by molar-refractivity contribution is 0.483. The van der Waals surface area contributed by atoms with Crippen LogP contribution in [0.15, 0.2) is 115 Å². The van der Waals surface area contributed by atoms with Crippen LogP contribution in [0.4, 0.5) is 22.7 Å². The first-order chi connectivity index (χ1) is 28.4. The van der Waals surface area contributed by atoms with Crippen molar-refractivity contribution in [3.05, 3.63) is 143 Å². The van der Waals surface area contributed by atoms with Crippen LogP contribution in [0, 0.1) is 0 Å². The highest BCUT2D eigenvalue weighted by atomic mass is 16.5. The molecule has 1 aliphatic heterocycles. The summed E-state index contributed by atoms with van der Waals surface area (Å²) >= 11 is 0. The highest BCUT2D eigenvalue weighted by Gasteiger charge is 2.32. The first-order valence-corrected chi connectivity index (χ1v) is 22.1. The molecule has 7 aromatic rings. The summed E-state index contributed by atoms with van der Waals surface area (Å²) < 4.78 is 9.16. The van der Waals surface area contributed by atoms with E-state index in [1.165, 1.54) is 55.7 Å².